The Kier molecular flexibility index (Phi) is 32.3. The molecule has 21 heavy (non-hydrogen) atoms. The van der Waals surface area contributed by atoms with Crippen molar-refractivity contribution in [3.8, 4) is 5.75 Å². The topological polar surface area (TPSA) is 36.9 Å². The molecule has 0 saturated carbocycles. The van der Waals surface area contributed by atoms with Crippen LogP contribution in [0.4, 0.5) is 0 Å². The molecule has 0 amide bonds. The number of hydrogen-bond donors (Lipinski definition) is 0. The number of hydrogen-bond acceptors (Lipinski definition) is 4. The van der Waals surface area contributed by atoms with Crippen LogP contribution in [0.3, 0.4) is 0 Å². The summed E-state index contributed by atoms with van der Waals surface area (Å²) in [5, 5.41) is 0. The lowest BCUT2D eigenvalue weighted by molar-refractivity contribution is 0.162. The number of methoxy groups -OCH3 is 2. The van der Waals surface area contributed by atoms with E-state index in [4.69, 9.17) is 14.2 Å². The third-order valence-electron chi connectivity index (χ3n) is 1.80. The second kappa shape index (κ2) is 27.3. The molecule has 0 saturated heterocycles. The summed E-state index contributed by atoms with van der Waals surface area (Å²) in [7, 11) is 4.91. The number of rotatable bonds is 5. The lowest BCUT2D eigenvalue weighted by Gasteiger charge is -1.93. The maximum atomic E-state index is 4.91. The van der Waals surface area contributed by atoms with Crippen molar-refractivity contribution in [1.82, 2.24) is 0 Å². The SMILES string of the molecule is CCOCC.CCOCC.COC.COc1ccccc1. The van der Waals surface area contributed by atoms with E-state index in [1.807, 2.05) is 58.0 Å². The first kappa shape index (κ1) is 24.9. The predicted octanol–water partition coefficient (Wildman–Crippen LogP) is 4.04. The van der Waals surface area contributed by atoms with Gasteiger partial charge in [0.05, 0.1) is 7.11 Å². The number of ether oxygens (including phenoxy) is 4. The average molecular weight is 302 g/mol. The predicted molar refractivity (Wildman–Crippen MR) is 90.3 cm³/mol. The Bertz CT molecular complexity index is 230. The minimum atomic E-state index is 0.844. The van der Waals surface area contributed by atoms with E-state index in [1.54, 1.807) is 21.3 Å². The van der Waals surface area contributed by atoms with E-state index in [0.717, 1.165) is 32.2 Å². The van der Waals surface area contributed by atoms with Crippen LogP contribution >= 0.6 is 0 Å². The van der Waals surface area contributed by atoms with E-state index >= 15 is 0 Å². The monoisotopic (exact) mass is 302 g/mol. The maximum absolute atomic E-state index is 4.91. The Hall–Kier alpha value is -1.10. The van der Waals surface area contributed by atoms with Crippen LogP contribution < -0.4 is 4.74 Å². The van der Waals surface area contributed by atoms with E-state index < -0.39 is 0 Å². The molecule has 4 heteroatoms. The Morgan fingerprint density at radius 1 is 0.667 bits per heavy atom. The normalized spacial score (nSPS) is 8.14. The summed E-state index contributed by atoms with van der Waals surface area (Å²) in [4.78, 5) is 0. The third-order valence-corrected chi connectivity index (χ3v) is 1.80. The third kappa shape index (κ3) is 32.4. The first-order chi connectivity index (χ1) is 10.2. The van der Waals surface area contributed by atoms with Crippen LogP contribution in [0.5, 0.6) is 5.75 Å². The Labute approximate surface area is 131 Å². The van der Waals surface area contributed by atoms with E-state index in [-0.39, 0.29) is 0 Å². The van der Waals surface area contributed by atoms with Crippen molar-refractivity contribution in [2.24, 2.45) is 0 Å². The van der Waals surface area contributed by atoms with Crippen molar-refractivity contribution >= 4 is 0 Å². The molecule has 0 aliphatic heterocycles. The van der Waals surface area contributed by atoms with E-state index in [9.17, 15) is 0 Å². The quantitative estimate of drug-likeness (QED) is 0.822. The van der Waals surface area contributed by atoms with Gasteiger partial charge in [0.1, 0.15) is 5.75 Å². The molecule has 0 unspecified atom stereocenters. The molecule has 126 valence electrons. The highest BCUT2D eigenvalue weighted by Gasteiger charge is 1.80. The molecule has 4 nitrogen and oxygen atoms in total. The van der Waals surface area contributed by atoms with Crippen LogP contribution in [0, 0.1) is 0 Å². The van der Waals surface area contributed by atoms with Gasteiger partial charge in [0, 0.05) is 40.6 Å². The number of para-hydroxylation sites is 1. The van der Waals surface area contributed by atoms with Crippen molar-refractivity contribution in [3.05, 3.63) is 30.3 Å². The van der Waals surface area contributed by atoms with Crippen LogP contribution in [0.15, 0.2) is 30.3 Å². The first-order valence-corrected chi connectivity index (χ1v) is 7.32. The van der Waals surface area contributed by atoms with Gasteiger partial charge in [-0.2, -0.15) is 0 Å². The summed E-state index contributed by atoms with van der Waals surface area (Å²) < 4.78 is 18.8. The van der Waals surface area contributed by atoms with Crippen molar-refractivity contribution in [2.75, 3.05) is 47.8 Å². The summed E-state index contributed by atoms with van der Waals surface area (Å²) in [5.41, 5.74) is 0. The van der Waals surface area contributed by atoms with Gasteiger partial charge in [-0.25, -0.2) is 0 Å². The van der Waals surface area contributed by atoms with Gasteiger partial charge in [-0.1, -0.05) is 18.2 Å². The molecule has 0 spiro atoms. The standard InChI is InChI=1S/C7H8O.2C4H10O.C2H6O/c1-8-7-5-3-2-4-6-7;2*1-3-5-4-2;1-3-2/h2-6H,1H3;2*3-4H2,1-2H3;1-2H3. The maximum Gasteiger partial charge on any atom is 0.118 e. The lowest BCUT2D eigenvalue weighted by Crippen LogP contribution is -1.84. The summed E-state index contributed by atoms with van der Waals surface area (Å²) in [6, 6.07) is 9.68. The van der Waals surface area contributed by atoms with Gasteiger partial charge in [-0.05, 0) is 39.8 Å². The average Bonchev–Trinajstić information content (AvgIpc) is 2.52. The summed E-state index contributed by atoms with van der Waals surface area (Å²) >= 11 is 0. The smallest absolute Gasteiger partial charge is 0.118 e. The Balaban J connectivity index is -0.000000221. The van der Waals surface area contributed by atoms with Crippen molar-refractivity contribution in [3.63, 3.8) is 0 Å². The molecular formula is C17H34O4. The number of benzene rings is 1. The van der Waals surface area contributed by atoms with Crippen molar-refractivity contribution in [2.45, 2.75) is 27.7 Å². The molecule has 0 radical (unpaired) electrons. The van der Waals surface area contributed by atoms with Crippen LogP contribution in [0.25, 0.3) is 0 Å². The molecule has 0 fully saturated rings. The van der Waals surface area contributed by atoms with E-state index in [1.165, 1.54) is 0 Å². The minimum absolute atomic E-state index is 0.844. The largest absolute Gasteiger partial charge is 0.497 e. The zero-order valence-corrected chi connectivity index (χ0v) is 14.8. The van der Waals surface area contributed by atoms with Crippen LogP contribution in [-0.4, -0.2) is 47.8 Å². The van der Waals surface area contributed by atoms with Crippen LogP contribution in [-0.2, 0) is 14.2 Å². The minimum Gasteiger partial charge on any atom is -0.497 e. The van der Waals surface area contributed by atoms with E-state index in [0.29, 0.717) is 0 Å². The van der Waals surface area contributed by atoms with Gasteiger partial charge in [-0.3, -0.25) is 0 Å². The Morgan fingerprint density at radius 2 is 1.00 bits per heavy atom. The van der Waals surface area contributed by atoms with Gasteiger partial charge < -0.3 is 18.9 Å². The highest BCUT2D eigenvalue weighted by atomic mass is 16.5. The summed E-state index contributed by atoms with van der Waals surface area (Å²) in [5.74, 6) is 0.910. The molecule has 0 N–H and O–H groups in total. The molecule has 1 rings (SSSR count). The van der Waals surface area contributed by atoms with Crippen LogP contribution in [0.2, 0.25) is 0 Å². The molecule has 0 heterocycles. The molecular weight excluding hydrogens is 268 g/mol. The highest BCUT2D eigenvalue weighted by Crippen LogP contribution is 2.05. The first-order valence-electron chi connectivity index (χ1n) is 7.32. The van der Waals surface area contributed by atoms with Crippen LogP contribution in [0.1, 0.15) is 27.7 Å². The zero-order chi connectivity index (χ0) is 16.8. The molecule has 0 aliphatic carbocycles. The molecule has 0 atom stereocenters. The fourth-order valence-corrected chi connectivity index (χ4v) is 0.965. The van der Waals surface area contributed by atoms with Crippen molar-refractivity contribution in [1.29, 1.82) is 0 Å². The molecule has 0 aromatic heterocycles. The van der Waals surface area contributed by atoms with Gasteiger partial charge in [0.2, 0.25) is 0 Å². The fourth-order valence-electron chi connectivity index (χ4n) is 0.965. The second-order valence-corrected chi connectivity index (χ2v) is 3.49. The van der Waals surface area contributed by atoms with Gasteiger partial charge in [0.25, 0.3) is 0 Å². The zero-order valence-electron chi connectivity index (χ0n) is 14.8. The van der Waals surface area contributed by atoms with Gasteiger partial charge >= 0.3 is 0 Å². The molecule has 1 aromatic rings. The van der Waals surface area contributed by atoms with E-state index in [2.05, 4.69) is 4.74 Å². The Morgan fingerprint density at radius 3 is 1.14 bits per heavy atom. The summed E-state index contributed by atoms with van der Waals surface area (Å²) in [6.45, 7) is 11.3. The highest BCUT2D eigenvalue weighted by molar-refractivity contribution is 5.20. The molecule has 1 aromatic carbocycles. The second-order valence-electron chi connectivity index (χ2n) is 3.49. The molecule has 0 aliphatic rings. The van der Waals surface area contributed by atoms with Gasteiger partial charge in [-0.15, -0.1) is 0 Å². The molecule has 0 bridgehead atoms. The lowest BCUT2D eigenvalue weighted by atomic mass is 10.3. The van der Waals surface area contributed by atoms with Crippen molar-refractivity contribution < 1.29 is 18.9 Å². The van der Waals surface area contributed by atoms with Gasteiger partial charge in [0.15, 0.2) is 0 Å². The summed E-state index contributed by atoms with van der Waals surface area (Å²) in [6.07, 6.45) is 0. The fraction of sp³-hybridized carbons (Fsp3) is 0.647.